The van der Waals surface area contributed by atoms with Crippen molar-refractivity contribution in [1.82, 2.24) is 9.97 Å². The van der Waals surface area contributed by atoms with Crippen molar-refractivity contribution in [3.8, 4) is 0 Å². The van der Waals surface area contributed by atoms with Gasteiger partial charge in [0.2, 0.25) is 0 Å². The number of hydrogen-bond donors (Lipinski definition) is 0. The molecule has 0 bridgehead atoms. The third kappa shape index (κ3) is 3.43. The fourth-order valence-corrected chi connectivity index (χ4v) is 2.14. The Bertz CT molecular complexity index is 420. The van der Waals surface area contributed by atoms with Crippen molar-refractivity contribution in [1.29, 1.82) is 0 Å². The van der Waals surface area contributed by atoms with Crippen LogP contribution in [0.1, 0.15) is 45.6 Å². The SMILES string of the molecule is CCC(C)(OC)c1nc(Cl)c(Br)c(CC(C)C)n1. The Kier molecular flexibility index (Phi) is 5.56. The molecule has 1 aromatic heterocycles. The molecule has 18 heavy (non-hydrogen) atoms. The Morgan fingerprint density at radius 2 is 2.00 bits per heavy atom. The van der Waals surface area contributed by atoms with Gasteiger partial charge in [-0.3, -0.25) is 0 Å². The number of hydrogen-bond acceptors (Lipinski definition) is 3. The summed E-state index contributed by atoms with van der Waals surface area (Å²) in [6, 6.07) is 0. The summed E-state index contributed by atoms with van der Waals surface area (Å²) in [7, 11) is 1.67. The van der Waals surface area contributed by atoms with Gasteiger partial charge in [-0.1, -0.05) is 32.4 Å². The van der Waals surface area contributed by atoms with Gasteiger partial charge in [-0.15, -0.1) is 0 Å². The molecule has 0 aliphatic carbocycles. The minimum absolute atomic E-state index is 0.451. The van der Waals surface area contributed by atoms with Crippen molar-refractivity contribution in [3.05, 3.63) is 21.1 Å². The highest BCUT2D eigenvalue weighted by Gasteiger charge is 2.29. The molecule has 1 heterocycles. The molecule has 0 aliphatic rings. The molecule has 0 radical (unpaired) electrons. The molecule has 1 aromatic rings. The predicted octanol–water partition coefficient (Wildman–Crippen LogP) is 4.36. The maximum atomic E-state index is 6.17. The van der Waals surface area contributed by atoms with Crippen LogP contribution >= 0.6 is 27.5 Å². The van der Waals surface area contributed by atoms with Gasteiger partial charge in [-0.2, -0.15) is 0 Å². The Labute approximate surface area is 122 Å². The van der Waals surface area contributed by atoms with E-state index in [0.29, 0.717) is 16.9 Å². The van der Waals surface area contributed by atoms with E-state index in [-0.39, 0.29) is 0 Å². The van der Waals surface area contributed by atoms with Gasteiger partial charge in [0, 0.05) is 7.11 Å². The standard InChI is InChI=1S/C13H20BrClN2O/c1-6-13(4,18-5)12-16-9(7-8(2)3)10(14)11(15)17-12/h8H,6-7H2,1-5H3. The lowest BCUT2D eigenvalue weighted by Crippen LogP contribution is -2.27. The largest absolute Gasteiger partial charge is 0.371 e. The average Bonchev–Trinajstić information content (AvgIpc) is 2.33. The van der Waals surface area contributed by atoms with E-state index in [1.54, 1.807) is 7.11 Å². The van der Waals surface area contributed by atoms with Crippen molar-refractivity contribution in [3.63, 3.8) is 0 Å². The monoisotopic (exact) mass is 334 g/mol. The summed E-state index contributed by atoms with van der Waals surface area (Å²) in [4.78, 5) is 8.96. The van der Waals surface area contributed by atoms with E-state index in [4.69, 9.17) is 16.3 Å². The van der Waals surface area contributed by atoms with Gasteiger partial charge < -0.3 is 4.74 Å². The van der Waals surface area contributed by atoms with Gasteiger partial charge in [0.1, 0.15) is 10.8 Å². The van der Waals surface area contributed by atoms with Gasteiger partial charge in [0.25, 0.3) is 0 Å². The molecule has 0 amide bonds. The first-order valence-electron chi connectivity index (χ1n) is 6.11. The fourth-order valence-electron chi connectivity index (χ4n) is 1.62. The normalized spacial score (nSPS) is 14.9. The van der Waals surface area contributed by atoms with Gasteiger partial charge in [-0.05, 0) is 41.6 Å². The molecule has 0 aromatic carbocycles. The highest BCUT2D eigenvalue weighted by molar-refractivity contribution is 9.10. The fraction of sp³-hybridized carbons (Fsp3) is 0.692. The summed E-state index contributed by atoms with van der Waals surface area (Å²) >= 11 is 9.62. The van der Waals surface area contributed by atoms with Crippen molar-refractivity contribution < 1.29 is 4.74 Å². The quantitative estimate of drug-likeness (QED) is 0.750. The van der Waals surface area contributed by atoms with Crippen LogP contribution < -0.4 is 0 Å². The van der Waals surface area contributed by atoms with Gasteiger partial charge in [0.15, 0.2) is 5.82 Å². The van der Waals surface area contributed by atoms with Crippen LogP contribution in [0, 0.1) is 5.92 Å². The molecule has 0 aliphatic heterocycles. The second-order valence-corrected chi connectivity index (χ2v) is 6.14. The molecule has 5 heteroatoms. The van der Waals surface area contributed by atoms with Crippen LogP contribution in [0.25, 0.3) is 0 Å². The van der Waals surface area contributed by atoms with E-state index < -0.39 is 5.60 Å². The molecule has 102 valence electrons. The topological polar surface area (TPSA) is 35.0 Å². The second kappa shape index (κ2) is 6.31. The van der Waals surface area contributed by atoms with Gasteiger partial charge in [-0.25, -0.2) is 9.97 Å². The summed E-state index contributed by atoms with van der Waals surface area (Å²) in [6.45, 7) is 8.32. The summed E-state index contributed by atoms with van der Waals surface area (Å²) in [5, 5.41) is 0.451. The van der Waals surface area contributed by atoms with E-state index in [9.17, 15) is 0 Å². The smallest absolute Gasteiger partial charge is 0.161 e. The third-order valence-electron chi connectivity index (χ3n) is 3.08. The molecule has 1 rings (SSSR count). The van der Waals surface area contributed by atoms with E-state index in [1.807, 2.05) is 13.8 Å². The molecule has 0 saturated carbocycles. The van der Waals surface area contributed by atoms with E-state index in [2.05, 4.69) is 39.7 Å². The highest BCUT2D eigenvalue weighted by Crippen LogP contribution is 2.31. The number of aromatic nitrogens is 2. The predicted molar refractivity (Wildman–Crippen MR) is 77.9 cm³/mol. The van der Waals surface area contributed by atoms with Crippen molar-refractivity contribution >= 4 is 27.5 Å². The molecule has 3 nitrogen and oxygen atoms in total. The van der Waals surface area contributed by atoms with E-state index in [1.165, 1.54) is 0 Å². The zero-order valence-corrected chi connectivity index (χ0v) is 13.9. The zero-order valence-electron chi connectivity index (χ0n) is 11.6. The van der Waals surface area contributed by atoms with Crippen LogP contribution in [0.2, 0.25) is 5.15 Å². The van der Waals surface area contributed by atoms with Crippen LogP contribution in [-0.4, -0.2) is 17.1 Å². The Balaban J connectivity index is 3.27. The van der Waals surface area contributed by atoms with E-state index >= 15 is 0 Å². The molecule has 1 atom stereocenters. The summed E-state index contributed by atoms with van der Waals surface area (Å²) < 4.78 is 6.32. The first kappa shape index (κ1) is 15.9. The van der Waals surface area contributed by atoms with Crippen LogP contribution in [0.3, 0.4) is 0 Å². The Hall–Kier alpha value is -0.190. The Morgan fingerprint density at radius 1 is 1.39 bits per heavy atom. The minimum atomic E-state index is -0.490. The van der Waals surface area contributed by atoms with Crippen molar-refractivity contribution in [2.24, 2.45) is 5.92 Å². The third-order valence-corrected chi connectivity index (χ3v) is 4.41. The lowest BCUT2D eigenvalue weighted by Gasteiger charge is -2.25. The molecule has 0 spiro atoms. The van der Waals surface area contributed by atoms with Crippen LogP contribution in [0.15, 0.2) is 4.47 Å². The lowest BCUT2D eigenvalue weighted by molar-refractivity contribution is -0.00920. The molecule has 0 saturated heterocycles. The lowest BCUT2D eigenvalue weighted by atomic mass is 10.0. The number of nitrogens with zero attached hydrogens (tertiary/aromatic N) is 2. The molecule has 0 N–H and O–H groups in total. The summed E-state index contributed by atoms with van der Waals surface area (Å²) in [6.07, 6.45) is 1.65. The number of ether oxygens (including phenoxy) is 1. The molecular formula is C13H20BrClN2O. The van der Waals surface area contributed by atoms with Crippen LogP contribution in [0.4, 0.5) is 0 Å². The molecular weight excluding hydrogens is 316 g/mol. The maximum Gasteiger partial charge on any atom is 0.161 e. The second-order valence-electron chi connectivity index (χ2n) is 4.99. The first-order chi connectivity index (χ1) is 8.34. The molecule has 0 fully saturated rings. The zero-order chi connectivity index (χ0) is 13.9. The minimum Gasteiger partial charge on any atom is -0.371 e. The number of methoxy groups -OCH3 is 1. The van der Waals surface area contributed by atoms with Crippen LogP contribution in [0.5, 0.6) is 0 Å². The number of rotatable bonds is 5. The Morgan fingerprint density at radius 3 is 2.44 bits per heavy atom. The summed E-state index contributed by atoms with van der Waals surface area (Å²) in [5.41, 5.74) is 0.451. The first-order valence-corrected chi connectivity index (χ1v) is 7.28. The summed E-state index contributed by atoms with van der Waals surface area (Å²) in [5.74, 6) is 1.16. The average molecular weight is 336 g/mol. The van der Waals surface area contributed by atoms with Crippen LogP contribution in [-0.2, 0) is 16.8 Å². The molecule has 1 unspecified atom stereocenters. The van der Waals surface area contributed by atoms with Crippen molar-refractivity contribution in [2.75, 3.05) is 7.11 Å². The highest BCUT2D eigenvalue weighted by atomic mass is 79.9. The van der Waals surface area contributed by atoms with Crippen molar-refractivity contribution in [2.45, 2.75) is 46.1 Å². The maximum absolute atomic E-state index is 6.17. The van der Waals surface area contributed by atoms with E-state index in [0.717, 1.165) is 23.0 Å². The number of halogens is 2. The van der Waals surface area contributed by atoms with Gasteiger partial charge >= 0.3 is 0 Å². The van der Waals surface area contributed by atoms with Gasteiger partial charge in [0.05, 0.1) is 10.2 Å².